The molecule has 0 aliphatic carbocycles. The van der Waals surface area contributed by atoms with Crippen molar-refractivity contribution in [3.8, 4) is 0 Å². The van der Waals surface area contributed by atoms with Gasteiger partial charge < -0.3 is 20.3 Å². The van der Waals surface area contributed by atoms with Gasteiger partial charge in [-0.1, -0.05) is 281 Å². The number of rotatable bonds is 55. The van der Waals surface area contributed by atoms with Gasteiger partial charge in [-0.2, -0.15) is 0 Å². The van der Waals surface area contributed by atoms with E-state index in [-0.39, 0.29) is 18.5 Å². The number of aliphatic hydroxyl groups is 2. The maximum Gasteiger partial charge on any atom is 0.305 e. The zero-order valence-corrected chi connectivity index (χ0v) is 44.9. The Morgan fingerprint density at radius 3 is 1.18 bits per heavy atom. The number of ether oxygens (including phenoxy) is 1. The molecule has 0 aromatic carbocycles. The van der Waals surface area contributed by atoms with Gasteiger partial charge in [0, 0.05) is 12.8 Å². The first-order valence-corrected chi connectivity index (χ1v) is 29.8. The van der Waals surface area contributed by atoms with Crippen molar-refractivity contribution in [1.82, 2.24) is 5.32 Å². The highest BCUT2D eigenvalue weighted by atomic mass is 16.5. The Bertz CT molecular complexity index is 1090. The summed E-state index contributed by atoms with van der Waals surface area (Å²) in [6.45, 7) is 4.85. The molecule has 0 aliphatic rings. The minimum absolute atomic E-state index is 0.00185. The molecule has 6 heteroatoms. The molecule has 0 aromatic rings. The van der Waals surface area contributed by atoms with Gasteiger partial charge in [0.2, 0.25) is 5.91 Å². The van der Waals surface area contributed by atoms with Crippen LogP contribution in [0.25, 0.3) is 0 Å². The number of carbonyl (C=O) groups excluding carboxylic acids is 2. The van der Waals surface area contributed by atoms with Crippen molar-refractivity contribution in [3.05, 3.63) is 36.5 Å². The first-order valence-electron chi connectivity index (χ1n) is 29.8. The second kappa shape index (κ2) is 56.7. The van der Waals surface area contributed by atoms with Crippen LogP contribution in [0.15, 0.2) is 36.5 Å². The Morgan fingerprint density at radius 1 is 0.418 bits per heavy atom. The lowest BCUT2D eigenvalue weighted by atomic mass is 10.0. The van der Waals surface area contributed by atoms with Crippen LogP contribution in [0.1, 0.15) is 316 Å². The Balaban J connectivity index is 3.35. The van der Waals surface area contributed by atoms with Crippen LogP contribution >= 0.6 is 0 Å². The predicted octanol–water partition coefficient (Wildman–Crippen LogP) is 18.4. The molecular weight excluding hydrogens is 827 g/mol. The van der Waals surface area contributed by atoms with Crippen molar-refractivity contribution in [2.75, 3.05) is 13.2 Å². The average molecular weight is 943 g/mol. The molecule has 67 heavy (non-hydrogen) atoms. The largest absolute Gasteiger partial charge is 0.466 e. The van der Waals surface area contributed by atoms with E-state index in [1.807, 2.05) is 6.08 Å². The number of nitrogens with one attached hydrogen (secondary N) is 1. The second-order valence-electron chi connectivity index (χ2n) is 20.3. The fourth-order valence-electron chi connectivity index (χ4n) is 9.06. The molecule has 0 saturated heterocycles. The molecule has 2 atom stereocenters. The highest BCUT2D eigenvalue weighted by Gasteiger charge is 2.18. The molecule has 0 radical (unpaired) electrons. The van der Waals surface area contributed by atoms with Crippen molar-refractivity contribution in [2.24, 2.45) is 0 Å². The van der Waals surface area contributed by atoms with E-state index in [0.717, 1.165) is 51.4 Å². The quantitative estimate of drug-likeness (QED) is 0.0321. The van der Waals surface area contributed by atoms with Crippen LogP contribution in [0.4, 0.5) is 0 Å². The standard InChI is InChI=1S/C61H115NO5/c1-3-5-7-9-11-13-15-16-32-35-39-43-47-51-55-61(66)67-56-52-48-44-40-36-33-30-28-26-24-22-20-18-17-19-21-23-25-27-29-31-34-38-42-46-50-54-60(65)62-58(57-63)59(64)53-49-45-41-37-14-12-10-8-6-4-2/h9,11,15-16,49,53,58-59,63-64H,3-8,10,12-14,17-48,50-52,54-57H2,1-2H3,(H,62,65)/b11-9-,16-15-,53-49+. The second-order valence-corrected chi connectivity index (χ2v) is 20.3. The van der Waals surface area contributed by atoms with E-state index in [9.17, 15) is 19.8 Å². The summed E-state index contributed by atoms with van der Waals surface area (Å²) in [7, 11) is 0. The van der Waals surface area contributed by atoms with Crippen LogP contribution in [0.2, 0.25) is 0 Å². The molecule has 394 valence electrons. The molecule has 0 heterocycles. The van der Waals surface area contributed by atoms with Crippen molar-refractivity contribution >= 4 is 11.9 Å². The highest BCUT2D eigenvalue weighted by molar-refractivity contribution is 5.76. The van der Waals surface area contributed by atoms with Crippen LogP contribution in [0.5, 0.6) is 0 Å². The normalized spacial score (nSPS) is 12.8. The monoisotopic (exact) mass is 942 g/mol. The zero-order valence-electron chi connectivity index (χ0n) is 44.9. The number of allylic oxidation sites excluding steroid dienone is 5. The number of aliphatic hydroxyl groups excluding tert-OH is 2. The van der Waals surface area contributed by atoms with Gasteiger partial charge >= 0.3 is 5.97 Å². The molecule has 2 unspecified atom stereocenters. The maximum absolute atomic E-state index is 12.4. The summed E-state index contributed by atoms with van der Waals surface area (Å²) in [6, 6.07) is -0.624. The van der Waals surface area contributed by atoms with E-state index in [1.165, 1.54) is 238 Å². The smallest absolute Gasteiger partial charge is 0.305 e. The lowest BCUT2D eigenvalue weighted by Crippen LogP contribution is -2.45. The van der Waals surface area contributed by atoms with Crippen molar-refractivity contribution in [3.63, 3.8) is 0 Å². The number of amides is 1. The van der Waals surface area contributed by atoms with Gasteiger partial charge in [0.15, 0.2) is 0 Å². The van der Waals surface area contributed by atoms with Crippen molar-refractivity contribution in [2.45, 2.75) is 328 Å². The molecule has 0 spiro atoms. The molecule has 3 N–H and O–H groups in total. The zero-order chi connectivity index (χ0) is 48.6. The molecule has 0 aliphatic heterocycles. The van der Waals surface area contributed by atoms with Gasteiger partial charge in [-0.25, -0.2) is 0 Å². The molecule has 0 rings (SSSR count). The van der Waals surface area contributed by atoms with Gasteiger partial charge in [0.1, 0.15) is 0 Å². The molecule has 6 nitrogen and oxygen atoms in total. The van der Waals surface area contributed by atoms with Crippen molar-refractivity contribution in [1.29, 1.82) is 0 Å². The highest BCUT2D eigenvalue weighted by Crippen LogP contribution is 2.17. The summed E-state index contributed by atoms with van der Waals surface area (Å²) < 4.78 is 5.47. The maximum atomic E-state index is 12.4. The Labute approximate surface area is 417 Å². The summed E-state index contributed by atoms with van der Waals surface area (Å²) >= 11 is 0. The Hall–Kier alpha value is -1.92. The molecule has 0 fully saturated rings. The lowest BCUT2D eigenvalue weighted by Gasteiger charge is -2.20. The molecule has 0 aromatic heterocycles. The number of unbranched alkanes of at least 4 members (excludes halogenated alkanes) is 40. The van der Waals surface area contributed by atoms with Gasteiger partial charge in [-0.05, 0) is 57.8 Å². The lowest BCUT2D eigenvalue weighted by molar-refractivity contribution is -0.143. The van der Waals surface area contributed by atoms with Crippen LogP contribution in [0.3, 0.4) is 0 Å². The molecule has 1 amide bonds. The minimum atomic E-state index is -0.841. The number of esters is 1. The van der Waals surface area contributed by atoms with Gasteiger partial charge in [0.25, 0.3) is 0 Å². The SMILES string of the molecule is CCCC/C=C\C/C=C\CCCCCCCC(=O)OCCCCCCCCCCCCCCCCCCCCCCCCCCCCC(=O)NC(CO)C(O)/C=C/CCCCCCCCCC. The van der Waals surface area contributed by atoms with E-state index >= 15 is 0 Å². The first-order chi connectivity index (χ1) is 33.0. The third-order valence-electron chi connectivity index (χ3n) is 13.7. The van der Waals surface area contributed by atoms with Crippen LogP contribution in [-0.2, 0) is 14.3 Å². The minimum Gasteiger partial charge on any atom is -0.466 e. The first kappa shape index (κ1) is 65.1. The molecular formula is C61H115NO5. The van der Waals surface area contributed by atoms with Gasteiger partial charge in [-0.15, -0.1) is 0 Å². The Morgan fingerprint density at radius 2 is 0.761 bits per heavy atom. The summed E-state index contributed by atoms with van der Waals surface area (Å²) in [6.07, 6.45) is 70.5. The average Bonchev–Trinajstić information content (AvgIpc) is 3.33. The summed E-state index contributed by atoms with van der Waals surface area (Å²) in [5.74, 6) is -0.0656. The van der Waals surface area contributed by atoms with Crippen LogP contribution in [-0.4, -0.2) is 47.4 Å². The molecule has 0 saturated carbocycles. The number of carbonyl (C=O) groups is 2. The summed E-state index contributed by atoms with van der Waals surface area (Å²) in [5.41, 5.74) is 0. The molecule has 0 bridgehead atoms. The fourth-order valence-corrected chi connectivity index (χ4v) is 9.06. The third-order valence-corrected chi connectivity index (χ3v) is 13.7. The van der Waals surface area contributed by atoms with E-state index in [2.05, 4.69) is 43.5 Å². The number of hydrogen-bond donors (Lipinski definition) is 3. The van der Waals surface area contributed by atoms with E-state index in [1.54, 1.807) is 6.08 Å². The van der Waals surface area contributed by atoms with E-state index < -0.39 is 12.1 Å². The third kappa shape index (κ3) is 53.3. The summed E-state index contributed by atoms with van der Waals surface area (Å²) in [4.78, 5) is 24.4. The van der Waals surface area contributed by atoms with E-state index in [4.69, 9.17) is 4.74 Å². The van der Waals surface area contributed by atoms with Crippen molar-refractivity contribution < 1.29 is 24.5 Å². The number of hydrogen-bond acceptors (Lipinski definition) is 5. The van der Waals surface area contributed by atoms with Crippen LogP contribution in [0, 0.1) is 0 Å². The van der Waals surface area contributed by atoms with E-state index in [0.29, 0.717) is 19.4 Å². The van der Waals surface area contributed by atoms with Crippen LogP contribution < -0.4 is 5.32 Å². The Kier molecular flexibility index (Phi) is 55.0. The fraction of sp³-hybridized carbons (Fsp3) is 0.869. The van der Waals surface area contributed by atoms with Gasteiger partial charge in [0.05, 0.1) is 25.4 Å². The summed E-state index contributed by atoms with van der Waals surface area (Å²) in [5, 5.41) is 23.0. The predicted molar refractivity (Wildman–Crippen MR) is 292 cm³/mol. The van der Waals surface area contributed by atoms with Gasteiger partial charge in [-0.3, -0.25) is 9.59 Å². The topological polar surface area (TPSA) is 95.9 Å².